The lowest BCUT2D eigenvalue weighted by Crippen LogP contribution is -2.07. The first-order chi connectivity index (χ1) is 5.74. The molecule has 0 aliphatic heterocycles. The van der Waals surface area contributed by atoms with Crippen LogP contribution in [-0.4, -0.2) is 11.7 Å². The Hall–Kier alpha value is -0.560. The Labute approximate surface area is 74.8 Å². The van der Waals surface area contributed by atoms with Crippen molar-refractivity contribution in [1.29, 1.82) is 0 Å². The molecule has 1 heteroatoms. The number of hydrogen-bond acceptors (Lipinski definition) is 1. The van der Waals surface area contributed by atoms with E-state index in [0.717, 1.165) is 19.3 Å². The number of rotatable bonds is 3. The van der Waals surface area contributed by atoms with E-state index in [4.69, 9.17) is 5.11 Å². The fourth-order valence-electron chi connectivity index (χ4n) is 1.71. The van der Waals surface area contributed by atoms with Crippen molar-refractivity contribution in [3.05, 3.63) is 23.8 Å². The molecule has 0 radical (unpaired) electrons. The second-order valence-electron chi connectivity index (χ2n) is 3.65. The highest BCUT2D eigenvalue weighted by Gasteiger charge is 2.13. The molecule has 0 aromatic rings. The molecule has 1 atom stereocenters. The highest BCUT2D eigenvalue weighted by molar-refractivity contribution is 5.11. The van der Waals surface area contributed by atoms with Crippen molar-refractivity contribution in [1.82, 2.24) is 0 Å². The molecule has 0 fully saturated rings. The molecule has 1 aliphatic rings. The van der Waals surface area contributed by atoms with Crippen LogP contribution in [0.1, 0.15) is 32.6 Å². The Balaban J connectivity index is 2.42. The van der Waals surface area contributed by atoms with E-state index in [9.17, 15) is 0 Å². The molecule has 0 saturated heterocycles. The average Bonchev–Trinajstić information content (AvgIpc) is 2.06. The van der Waals surface area contributed by atoms with Crippen LogP contribution in [0.4, 0.5) is 0 Å². The molecule has 0 unspecified atom stereocenters. The lowest BCUT2D eigenvalue weighted by Gasteiger charge is -2.21. The highest BCUT2D eigenvalue weighted by atomic mass is 16.2. The molecule has 0 heterocycles. The van der Waals surface area contributed by atoms with Gasteiger partial charge in [0, 0.05) is 6.61 Å². The standard InChI is InChI=1S/C11H18O/c1-9(2)11-5-3-10(4-6-11)7-8-12/h3,11-12H,1,4-8H2,2H3/t11-/m1/s1. The van der Waals surface area contributed by atoms with Gasteiger partial charge in [0.05, 0.1) is 0 Å². The quantitative estimate of drug-likeness (QED) is 0.639. The molecule has 0 saturated carbocycles. The molecule has 1 nitrogen and oxygen atoms in total. The van der Waals surface area contributed by atoms with Crippen LogP contribution in [-0.2, 0) is 0 Å². The number of hydrogen-bond donors (Lipinski definition) is 1. The maximum absolute atomic E-state index is 8.74. The molecule has 68 valence electrons. The zero-order chi connectivity index (χ0) is 8.97. The summed E-state index contributed by atoms with van der Waals surface area (Å²) >= 11 is 0. The summed E-state index contributed by atoms with van der Waals surface area (Å²) in [6.45, 7) is 6.37. The van der Waals surface area contributed by atoms with Gasteiger partial charge < -0.3 is 5.11 Å². The molecule has 0 spiro atoms. The van der Waals surface area contributed by atoms with Gasteiger partial charge in [-0.05, 0) is 38.5 Å². The Morgan fingerprint density at radius 1 is 1.75 bits per heavy atom. The Kier molecular flexibility index (Phi) is 3.54. The van der Waals surface area contributed by atoms with Gasteiger partial charge in [0.25, 0.3) is 0 Å². The summed E-state index contributed by atoms with van der Waals surface area (Å²) in [7, 11) is 0. The molecule has 0 amide bonds. The Morgan fingerprint density at radius 2 is 2.50 bits per heavy atom. The predicted octanol–water partition coefficient (Wildman–Crippen LogP) is 2.67. The van der Waals surface area contributed by atoms with Gasteiger partial charge in [0.15, 0.2) is 0 Å². The van der Waals surface area contributed by atoms with Gasteiger partial charge in [-0.2, -0.15) is 0 Å². The minimum Gasteiger partial charge on any atom is -0.396 e. The molecular weight excluding hydrogens is 148 g/mol. The molecule has 1 aliphatic carbocycles. The molecule has 0 aromatic carbocycles. The normalized spacial score (nSPS) is 23.5. The van der Waals surface area contributed by atoms with Crippen molar-refractivity contribution >= 4 is 0 Å². The number of aliphatic hydroxyl groups is 1. The second kappa shape index (κ2) is 4.46. The highest BCUT2D eigenvalue weighted by Crippen LogP contribution is 2.29. The average molecular weight is 166 g/mol. The zero-order valence-electron chi connectivity index (χ0n) is 7.84. The smallest absolute Gasteiger partial charge is 0.0468 e. The van der Waals surface area contributed by atoms with Gasteiger partial charge >= 0.3 is 0 Å². The summed E-state index contributed by atoms with van der Waals surface area (Å²) in [6.07, 6.45) is 6.64. The molecular formula is C11H18O. The van der Waals surface area contributed by atoms with E-state index < -0.39 is 0 Å². The van der Waals surface area contributed by atoms with Crippen molar-refractivity contribution < 1.29 is 5.11 Å². The summed E-state index contributed by atoms with van der Waals surface area (Å²) in [5.74, 6) is 0.687. The largest absolute Gasteiger partial charge is 0.396 e. The molecule has 0 aromatic heterocycles. The van der Waals surface area contributed by atoms with Crippen molar-refractivity contribution in [3.8, 4) is 0 Å². The summed E-state index contributed by atoms with van der Waals surface area (Å²) < 4.78 is 0. The van der Waals surface area contributed by atoms with E-state index in [0.29, 0.717) is 12.5 Å². The fraction of sp³-hybridized carbons (Fsp3) is 0.636. The van der Waals surface area contributed by atoms with E-state index in [1.807, 2.05) is 0 Å². The van der Waals surface area contributed by atoms with Gasteiger partial charge in [-0.25, -0.2) is 0 Å². The van der Waals surface area contributed by atoms with Crippen LogP contribution in [0.25, 0.3) is 0 Å². The van der Waals surface area contributed by atoms with E-state index in [-0.39, 0.29) is 0 Å². The second-order valence-corrected chi connectivity index (χ2v) is 3.65. The van der Waals surface area contributed by atoms with Gasteiger partial charge in [-0.3, -0.25) is 0 Å². The van der Waals surface area contributed by atoms with Crippen LogP contribution < -0.4 is 0 Å². The van der Waals surface area contributed by atoms with Crippen molar-refractivity contribution in [2.45, 2.75) is 32.6 Å². The first kappa shape index (κ1) is 9.53. The van der Waals surface area contributed by atoms with Crippen LogP contribution in [0, 0.1) is 5.92 Å². The van der Waals surface area contributed by atoms with E-state index in [1.165, 1.54) is 17.6 Å². The zero-order valence-corrected chi connectivity index (χ0v) is 7.84. The van der Waals surface area contributed by atoms with Crippen molar-refractivity contribution in [2.24, 2.45) is 5.92 Å². The van der Waals surface area contributed by atoms with Crippen LogP contribution in [0.15, 0.2) is 23.8 Å². The predicted molar refractivity (Wildman–Crippen MR) is 51.9 cm³/mol. The summed E-state index contributed by atoms with van der Waals surface area (Å²) in [6, 6.07) is 0. The lowest BCUT2D eigenvalue weighted by atomic mass is 9.85. The number of allylic oxidation sites excluding steroid dienone is 2. The Bertz CT molecular complexity index is 191. The summed E-state index contributed by atoms with van der Waals surface area (Å²) in [4.78, 5) is 0. The van der Waals surface area contributed by atoms with Crippen molar-refractivity contribution in [2.75, 3.05) is 6.61 Å². The first-order valence-corrected chi connectivity index (χ1v) is 4.68. The third-order valence-corrected chi connectivity index (χ3v) is 2.63. The van der Waals surface area contributed by atoms with E-state index in [2.05, 4.69) is 19.6 Å². The summed E-state index contributed by atoms with van der Waals surface area (Å²) in [5, 5.41) is 8.74. The maximum atomic E-state index is 8.74. The first-order valence-electron chi connectivity index (χ1n) is 4.68. The van der Waals surface area contributed by atoms with Crippen LogP contribution >= 0.6 is 0 Å². The SMILES string of the molecule is C=C(C)[C@@H]1CC=C(CCO)CC1. The van der Waals surface area contributed by atoms with Gasteiger partial charge in [0.1, 0.15) is 0 Å². The maximum Gasteiger partial charge on any atom is 0.0468 e. The number of aliphatic hydroxyl groups excluding tert-OH is 1. The summed E-state index contributed by atoms with van der Waals surface area (Å²) in [5.41, 5.74) is 2.73. The van der Waals surface area contributed by atoms with Crippen LogP contribution in [0.2, 0.25) is 0 Å². The third-order valence-electron chi connectivity index (χ3n) is 2.63. The fourth-order valence-corrected chi connectivity index (χ4v) is 1.71. The third kappa shape index (κ3) is 2.49. The van der Waals surface area contributed by atoms with Gasteiger partial charge in [-0.15, -0.1) is 0 Å². The van der Waals surface area contributed by atoms with Gasteiger partial charge in [-0.1, -0.05) is 23.8 Å². The Morgan fingerprint density at radius 3 is 2.92 bits per heavy atom. The molecule has 1 rings (SSSR count). The minimum absolute atomic E-state index is 0.295. The van der Waals surface area contributed by atoms with E-state index >= 15 is 0 Å². The molecule has 12 heavy (non-hydrogen) atoms. The molecule has 0 bridgehead atoms. The molecule has 1 N–H and O–H groups in total. The van der Waals surface area contributed by atoms with Crippen LogP contribution in [0.5, 0.6) is 0 Å². The van der Waals surface area contributed by atoms with E-state index in [1.54, 1.807) is 0 Å². The monoisotopic (exact) mass is 166 g/mol. The minimum atomic E-state index is 0.295. The topological polar surface area (TPSA) is 20.2 Å². The van der Waals surface area contributed by atoms with Gasteiger partial charge in [0.2, 0.25) is 0 Å². The lowest BCUT2D eigenvalue weighted by molar-refractivity contribution is 0.295. The van der Waals surface area contributed by atoms with Crippen molar-refractivity contribution in [3.63, 3.8) is 0 Å². The van der Waals surface area contributed by atoms with Crippen LogP contribution in [0.3, 0.4) is 0 Å².